The van der Waals surface area contributed by atoms with E-state index in [2.05, 4.69) is 18.8 Å². The van der Waals surface area contributed by atoms with E-state index in [0.29, 0.717) is 17.5 Å². The van der Waals surface area contributed by atoms with Crippen LogP contribution in [0, 0.1) is 0 Å². The molecule has 1 rings (SSSR count). The van der Waals surface area contributed by atoms with Gasteiger partial charge in [-0.15, -0.1) is 0 Å². The van der Waals surface area contributed by atoms with Crippen molar-refractivity contribution in [3.05, 3.63) is 16.7 Å². The zero-order valence-corrected chi connectivity index (χ0v) is 8.97. The quantitative estimate of drug-likeness (QED) is 0.811. The van der Waals surface area contributed by atoms with Crippen molar-refractivity contribution in [2.45, 2.75) is 26.2 Å². The fourth-order valence-corrected chi connectivity index (χ4v) is 1.56. The molecule has 0 aliphatic carbocycles. The summed E-state index contributed by atoms with van der Waals surface area (Å²) < 4.78 is 1.87. The molecule has 3 nitrogen and oxygen atoms in total. The summed E-state index contributed by atoms with van der Waals surface area (Å²) >= 11 is 6.03. The number of hydrogen-bond acceptors (Lipinski definition) is 2. The maximum Gasteiger partial charge on any atom is 0.131 e. The van der Waals surface area contributed by atoms with E-state index in [0.717, 1.165) is 11.5 Å². The van der Waals surface area contributed by atoms with Crippen LogP contribution in [-0.4, -0.2) is 21.3 Å². The SMILES string of the molecule is CC(C)c1nc(CCO)c(Cl)n1C. The van der Waals surface area contributed by atoms with Crippen molar-refractivity contribution in [3.63, 3.8) is 0 Å². The van der Waals surface area contributed by atoms with Gasteiger partial charge in [-0.25, -0.2) is 4.98 Å². The molecule has 0 saturated heterocycles. The van der Waals surface area contributed by atoms with Crippen molar-refractivity contribution >= 4 is 11.6 Å². The minimum absolute atomic E-state index is 0.0915. The Morgan fingerprint density at radius 2 is 2.15 bits per heavy atom. The van der Waals surface area contributed by atoms with Gasteiger partial charge >= 0.3 is 0 Å². The van der Waals surface area contributed by atoms with Crippen molar-refractivity contribution < 1.29 is 5.11 Å². The third kappa shape index (κ3) is 2.03. The Morgan fingerprint density at radius 1 is 1.54 bits per heavy atom. The first-order valence-electron chi connectivity index (χ1n) is 4.39. The number of hydrogen-bond donors (Lipinski definition) is 1. The number of rotatable bonds is 3. The Bertz CT molecular complexity index is 294. The lowest BCUT2D eigenvalue weighted by atomic mass is 10.2. The van der Waals surface area contributed by atoms with E-state index in [9.17, 15) is 0 Å². The smallest absolute Gasteiger partial charge is 0.131 e. The van der Waals surface area contributed by atoms with Crippen LogP contribution in [0.25, 0.3) is 0 Å². The van der Waals surface area contributed by atoms with Gasteiger partial charge in [-0.2, -0.15) is 0 Å². The Balaban J connectivity index is 3.05. The van der Waals surface area contributed by atoms with Crippen LogP contribution in [0.1, 0.15) is 31.3 Å². The summed E-state index contributed by atoms with van der Waals surface area (Å²) in [7, 11) is 1.89. The van der Waals surface area contributed by atoms with Crippen molar-refractivity contribution in [2.24, 2.45) is 7.05 Å². The van der Waals surface area contributed by atoms with Gasteiger partial charge in [-0.1, -0.05) is 25.4 Å². The van der Waals surface area contributed by atoms with Crippen molar-refractivity contribution in [1.29, 1.82) is 0 Å². The second-order valence-electron chi connectivity index (χ2n) is 3.39. The van der Waals surface area contributed by atoms with E-state index in [-0.39, 0.29) is 6.61 Å². The molecule has 0 spiro atoms. The van der Waals surface area contributed by atoms with Crippen LogP contribution in [-0.2, 0) is 13.5 Å². The van der Waals surface area contributed by atoms with Crippen molar-refractivity contribution in [1.82, 2.24) is 9.55 Å². The molecule has 0 fully saturated rings. The minimum Gasteiger partial charge on any atom is -0.396 e. The van der Waals surface area contributed by atoms with Crippen molar-refractivity contribution in [2.75, 3.05) is 6.61 Å². The fraction of sp³-hybridized carbons (Fsp3) is 0.667. The number of halogens is 1. The van der Waals surface area contributed by atoms with Gasteiger partial charge in [-0.3, -0.25) is 0 Å². The van der Waals surface area contributed by atoms with E-state index in [1.54, 1.807) is 0 Å². The zero-order chi connectivity index (χ0) is 10.0. The molecule has 0 bridgehead atoms. The molecule has 0 aliphatic rings. The van der Waals surface area contributed by atoms with E-state index in [1.165, 1.54) is 0 Å². The standard InChI is InChI=1S/C9H15ClN2O/c1-6(2)9-11-7(4-5-13)8(10)12(9)3/h6,13H,4-5H2,1-3H3. The largest absolute Gasteiger partial charge is 0.396 e. The van der Waals surface area contributed by atoms with E-state index in [4.69, 9.17) is 16.7 Å². The molecule has 1 aromatic rings. The van der Waals surface area contributed by atoms with Gasteiger partial charge < -0.3 is 9.67 Å². The van der Waals surface area contributed by atoms with Gasteiger partial charge in [-0.05, 0) is 0 Å². The summed E-state index contributed by atoms with van der Waals surface area (Å²) in [6, 6.07) is 0. The van der Waals surface area contributed by atoms with Crippen LogP contribution < -0.4 is 0 Å². The van der Waals surface area contributed by atoms with Crippen LogP contribution in [0.2, 0.25) is 5.15 Å². The Labute approximate surface area is 83.4 Å². The summed E-state index contributed by atoms with van der Waals surface area (Å²) in [6.45, 7) is 4.23. The van der Waals surface area contributed by atoms with E-state index >= 15 is 0 Å². The highest BCUT2D eigenvalue weighted by Crippen LogP contribution is 2.21. The first kappa shape index (κ1) is 10.5. The summed E-state index contributed by atoms with van der Waals surface area (Å²) in [5, 5.41) is 9.41. The van der Waals surface area contributed by atoms with Crippen molar-refractivity contribution in [3.8, 4) is 0 Å². The number of aliphatic hydroxyl groups excluding tert-OH is 1. The Hall–Kier alpha value is -0.540. The molecule has 4 heteroatoms. The maximum atomic E-state index is 8.77. The minimum atomic E-state index is 0.0915. The number of imidazole rings is 1. The summed E-state index contributed by atoms with van der Waals surface area (Å²) in [6.07, 6.45) is 0.527. The number of aromatic nitrogens is 2. The fourth-order valence-electron chi connectivity index (χ4n) is 1.33. The first-order chi connectivity index (χ1) is 6.07. The second-order valence-corrected chi connectivity index (χ2v) is 3.75. The summed E-state index contributed by atoms with van der Waals surface area (Å²) in [5.74, 6) is 1.32. The molecule has 0 amide bonds. The average Bonchev–Trinajstić information content (AvgIpc) is 2.33. The molecule has 0 radical (unpaired) electrons. The highest BCUT2D eigenvalue weighted by atomic mass is 35.5. The highest BCUT2D eigenvalue weighted by molar-refractivity contribution is 6.30. The summed E-state index contributed by atoms with van der Waals surface area (Å²) in [4.78, 5) is 4.37. The normalized spacial score (nSPS) is 11.2. The Kier molecular flexibility index (Phi) is 3.33. The van der Waals surface area contributed by atoms with Gasteiger partial charge in [0.15, 0.2) is 0 Å². The van der Waals surface area contributed by atoms with Gasteiger partial charge in [0, 0.05) is 26.0 Å². The number of nitrogens with zero attached hydrogens (tertiary/aromatic N) is 2. The molecule has 13 heavy (non-hydrogen) atoms. The summed E-state index contributed by atoms with van der Waals surface area (Å²) in [5.41, 5.74) is 0.787. The predicted molar refractivity (Wildman–Crippen MR) is 53.1 cm³/mol. The topological polar surface area (TPSA) is 38.1 Å². The maximum absolute atomic E-state index is 8.77. The number of aliphatic hydroxyl groups is 1. The van der Waals surface area contributed by atoms with Gasteiger partial charge in [0.25, 0.3) is 0 Å². The van der Waals surface area contributed by atoms with E-state index < -0.39 is 0 Å². The molecule has 1 N–H and O–H groups in total. The van der Waals surface area contributed by atoms with Crippen LogP contribution in [0.15, 0.2) is 0 Å². The molecule has 0 aliphatic heterocycles. The molecule has 0 saturated carbocycles. The van der Waals surface area contributed by atoms with Crippen LogP contribution in [0.3, 0.4) is 0 Å². The molecule has 74 valence electrons. The lowest BCUT2D eigenvalue weighted by molar-refractivity contribution is 0.298. The third-order valence-electron chi connectivity index (χ3n) is 1.99. The van der Waals surface area contributed by atoms with E-state index in [1.807, 2.05) is 11.6 Å². The monoisotopic (exact) mass is 202 g/mol. The molecule has 0 unspecified atom stereocenters. The lowest BCUT2D eigenvalue weighted by Crippen LogP contribution is -1.99. The molecular weight excluding hydrogens is 188 g/mol. The Morgan fingerprint density at radius 3 is 2.54 bits per heavy atom. The molecular formula is C9H15ClN2O. The van der Waals surface area contributed by atoms with Crippen LogP contribution in [0.5, 0.6) is 0 Å². The average molecular weight is 203 g/mol. The molecule has 1 heterocycles. The first-order valence-corrected chi connectivity index (χ1v) is 4.77. The van der Waals surface area contributed by atoms with Gasteiger partial charge in [0.05, 0.1) is 5.69 Å². The lowest BCUT2D eigenvalue weighted by Gasteiger charge is -2.03. The third-order valence-corrected chi connectivity index (χ3v) is 2.46. The van der Waals surface area contributed by atoms with Crippen LogP contribution >= 0.6 is 11.6 Å². The molecule has 0 aromatic carbocycles. The van der Waals surface area contributed by atoms with Crippen LogP contribution in [0.4, 0.5) is 0 Å². The molecule has 1 aromatic heterocycles. The highest BCUT2D eigenvalue weighted by Gasteiger charge is 2.14. The predicted octanol–water partition coefficient (Wildman–Crippen LogP) is 1.73. The second kappa shape index (κ2) is 4.11. The van der Waals surface area contributed by atoms with Gasteiger partial charge in [0.2, 0.25) is 0 Å². The van der Waals surface area contributed by atoms with Gasteiger partial charge in [0.1, 0.15) is 11.0 Å². The zero-order valence-electron chi connectivity index (χ0n) is 8.21. The molecule has 0 atom stereocenters.